The van der Waals surface area contributed by atoms with Gasteiger partial charge in [0, 0.05) is 36.3 Å². The zero-order valence-corrected chi connectivity index (χ0v) is 12.3. The summed E-state index contributed by atoms with van der Waals surface area (Å²) in [7, 11) is 2.12. The zero-order chi connectivity index (χ0) is 13.7. The average Bonchev–Trinajstić information content (AvgIpc) is 2.47. The average molecular weight is 272 g/mol. The number of anilines is 1. The summed E-state index contributed by atoms with van der Waals surface area (Å²) in [6, 6.07) is 16.9. The van der Waals surface area contributed by atoms with Crippen molar-refractivity contribution >= 4 is 17.4 Å². The van der Waals surface area contributed by atoms with Gasteiger partial charge in [0.1, 0.15) is 0 Å². The molecule has 0 saturated carbocycles. The summed E-state index contributed by atoms with van der Waals surface area (Å²) >= 11 is 1.75. The Labute approximate surface area is 119 Å². The Morgan fingerprint density at radius 2 is 1.79 bits per heavy atom. The van der Waals surface area contributed by atoms with Gasteiger partial charge >= 0.3 is 0 Å². The van der Waals surface area contributed by atoms with Gasteiger partial charge in [-0.25, -0.2) is 0 Å². The summed E-state index contributed by atoms with van der Waals surface area (Å²) in [5.41, 5.74) is 9.68. The Bertz CT molecular complexity index is 526. The highest BCUT2D eigenvalue weighted by Gasteiger charge is 2.10. The number of nitrogens with zero attached hydrogens (tertiary/aromatic N) is 1. The molecule has 2 rings (SSSR count). The van der Waals surface area contributed by atoms with E-state index >= 15 is 0 Å². The van der Waals surface area contributed by atoms with Crippen LogP contribution in [0.4, 0.5) is 5.69 Å². The molecule has 0 aliphatic carbocycles. The predicted octanol–water partition coefficient (Wildman–Crippen LogP) is 3.50. The molecule has 0 amide bonds. The van der Waals surface area contributed by atoms with Crippen molar-refractivity contribution in [3.8, 4) is 0 Å². The van der Waals surface area contributed by atoms with Gasteiger partial charge in [-0.1, -0.05) is 36.4 Å². The minimum atomic E-state index is 0.575. The first-order valence-corrected chi connectivity index (χ1v) is 7.59. The van der Waals surface area contributed by atoms with Crippen LogP contribution in [-0.4, -0.2) is 13.3 Å². The molecule has 0 unspecified atom stereocenters. The Kier molecular flexibility index (Phi) is 4.88. The summed E-state index contributed by atoms with van der Waals surface area (Å²) in [6.07, 6.45) is 2.09. The van der Waals surface area contributed by atoms with E-state index in [4.69, 9.17) is 5.73 Å². The lowest BCUT2D eigenvalue weighted by molar-refractivity contribution is 0.894. The van der Waals surface area contributed by atoms with Crippen molar-refractivity contribution in [3.05, 3.63) is 59.7 Å². The standard InChI is InChI=1S/C16H20N2S/c1-18(12-13-7-4-3-5-8-13)15-9-6-10-16(19-2)14(15)11-17/h3-10H,11-12,17H2,1-2H3. The molecule has 0 aliphatic heterocycles. The lowest BCUT2D eigenvalue weighted by Gasteiger charge is -2.23. The highest BCUT2D eigenvalue weighted by molar-refractivity contribution is 7.98. The zero-order valence-electron chi connectivity index (χ0n) is 11.5. The van der Waals surface area contributed by atoms with Crippen LogP contribution in [0, 0.1) is 0 Å². The monoisotopic (exact) mass is 272 g/mol. The molecule has 0 atom stereocenters. The maximum Gasteiger partial charge on any atom is 0.0426 e. The maximum absolute atomic E-state index is 5.92. The van der Waals surface area contributed by atoms with Crippen molar-refractivity contribution in [2.45, 2.75) is 18.0 Å². The minimum absolute atomic E-state index is 0.575. The molecule has 0 radical (unpaired) electrons. The first-order valence-electron chi connectivity index (χ1n) is 6.37. The SMILES string of the molecule is CSc1cccc(N(C)Cc2ccccc2)c1CN. The molecule has 2 aromatic rings. The number of benzene rings is 2. The van der Waals surface area contributed by atoms with Crippen LogP contribution >= 0.6 is 11.8 Å². The maximum atomic E-state index is 5.92. The molecular weight excluding hydrogens is 252 g/mol. The first kappa shape index (κ1) is 14.0. The van der Waals surface area contributed by atoms with Crippen LogP contribution in [0.3, 0.4) is 0 Å². The molecule has 0 fully saturated rings. The number of thioether (sulfide) groups is 1. The highest BCUT2D eigenvalue weighted by Crippen LogP contribution is 2.29. The minimum Gasteiger partial charge on any atom is -0.370 e. The van der Waals surface area contributed by atoms with Crippen LogP contribution in [0.1, 0.15) is 11.1 Å². The summed E-state index contributed by atoms with van der Waals surface area (Å²) in [6.45, 7) is 1.47. The largest absolute Gasteiger partial charge is 0.370 e. The Morgan fingerprint density at radius 3 is 2.42 bits per heavy atom. The molecule has 0 spiro atoms. The molecule has 19 heavy (non-hydrogen) atoms. The van der Waals surface area contributed by atoms with Gasteiger partial charge in [0.2, 0.25) is 0 Å². The summed E-state index contributed by atoms with van der Waals surface area (Å²) in [4.78, 5) is 3.52. The molecular formula is C16H20N2S. The van der Waals surface area contributed by atoms with Crippen LogP contribution in [0.5, 0.6) is 0 Å². The molecule has 0 saturated heterocycles. The van der Waals surface area contributed by atoms with Crippen molar-refractivity contribution in [2.75, 3.05) is 18.2 Å². The quantitative estimate of drug-likeness (QED) is 0.845. The van der Waals surface area contributed by atoms with Gasteiger partial charge in [0.15, 0.2) is 0 Å². The van der Waals surface area contributed by atoms with E-state index in [2.05, 4.69) is 60.7 Å². The molecule has 3 heteroatoms. The van der Waals surface area contributed by atoms with E-state index in [9.17, 15) is 0 Å². The van der Waals surface area contributed by atoms with Gasteiger partial charge < -0.3 is 10.6 Å². The van der Waals surface area contributed by atoms with Gasteiger partial charge in [-0.05, 0) is 24.0 Å². The number of hydrogen-bond donors (Lipinski definition) is 1. The van der Waals surface area contributed by atoms with Crippen LogP contribution in [0.25, 0.3) is 0 Å². The fraction of sp³-hybridized carbons (Fsp3) is 0.250. The van der Waals surface area contributed by atoms with Crippen molar-refractivity contribution < 1.29 is 0 Å². The second-order valence-electron chi connectivity index (χ2n) is 4.50. The molecule has 2 nitrogen and oxygen atoms in total. The fourth-order valence-electron chi connectivity index (χ4n) is 2.25. The van der Waals surface area contributed by atoms with E-state index in [-0.39, 0.29) is 0 Å². The fourth-order valence-corrected chi connectivity index (χ4v) is 2.90. The van der Waals surface area contributed by atoms with Crippen molar-refractivity contribution in [1.82, 2.24) is 0 Å². The molecule has 0 heterocycles. The van der Waals surface area contributed by atoms with Gasteiger partial charge in [-0.2, -0.15) is 0 Å². The van der Waals surface area contributed by atoms with Crippen LogP contribution < -0.4 is 10.6 Å². The summed E-state index contributed by atoms with van der Waals surface area (Å²) in [5.74, 6) is 0. The van der Waals surface area contributed by atoms with Gasteiger partial charge in [0.25, 0.3) is 0 Å². The van der Waals surface area contributed by atoms with Gasteiger partial charge in [-0.15, -0.1) is 11.8 Å². The first-order chi connectivity index (χ1) is 9.26. The third-order valence-corrected chi connectivity index (χ3v) is 4.03. The van der Waals surface area contributed by atoms with Crippen LogP contribution in [0.2, 0.25) is 0 Å². The second-order valence-corrected chi connectivity index (χ2v) is 5.35. The lowest BCUT2D eigenvalue weighted by atomic mass is 10.1. The normalized spacial score (nSPS) is 10.5. The Hall–Kier alpha value is -1.45. The van der Waals surface area contributed by atoms with Gasteiger partial charge in [0.05, 0.1) is 0 Å². The molecule has 0 aromatic heterocycles. The highest BCUT2D eigenvalue weighted by atomic mass is 32.2. The van der Waals surface area contributed by atoms with Crippen molar-refractivity contribution in [1.29, 1.82) is 0 Å². The lowest BCUT2D eigenvalue weighted by Crippen LogP contribution is -2.19. The van der Waals surface area contributed by atoms with Crippen LogP contribution in [-0.2, 0) is 13.1 Å². The van der Waals surface area contributed by atoms with E-state index in [0.29, 0.717) is 6.54 Å². The summed E-state index contributed by atoms with van der Waals surface area (Å²) < 4.78 is 0. The smallest absolute Gasteiger partial charge is 0.0426 e. The molecule has 0 aliphatic rings. The second kappa shape index (κ2) is 6.64. The Balaban J connectivity index is 2.26. The Morgan fingerprint density at radius 1 is 1.05 bits per heavy atom. The number of hydrogen-bond acceptors (Lipinski definition) is 3. The van der Waals surface area contributed by atoms with E-state index in [1.54, 1.807) is 11.8 Å². The van der Waals surface area contributed by atoms with Crippen molar-refractivity contribution in [3.63, 3.8) is 0 Å². The van der Waals surface area contributed by atoms with Gasteiger partial charge in [-0.3, -0.25) is 0 Å². The molecule has 2 N–H and O–H groups in total. The van der Waals surface area contributed by atoms with Crippen molar-refractivity contribution in [2.24, 2.45) is 5.73 Å². The molecule has 100 valence electrons. The van der Waals surface area contributed by atoms with E-state index in [1.807, 2.05) is 6.07 Å². The van der Waals surface area contributed by atoms with E-state index in [0.717, 1.165) is 6.54 Å². The van der Waals surface area contributed by atoms with E-state index in [1.165, 1.54) is 21.7 Å². The third kappa shape index (κ3) is 3.31. The molecule has 0 bridgehead atoms. The predicted molar refractivity (Wildman–Crippen MR) is 84.7 cm³/mol. The number of rotatable bonds is 5. The topological polar surface area (TPSA) is 29.3 Å². The number of nitrogens with two attached hydrogens (primary N) is 1. The van der Waals surface area contributed by atoms with Crippen LogP contribution in [0.15, 0.2) is 53.4 Å². The molecule has 2 aromatic carbocycles. The third-order valence-electron chi connectivity index (χ3n) is 3.21. The summed E-state index contributed by atoms with van der Waals surface area (Å²) in [5, 5.41) is 0. The van der Waals surface area contributed by atoms with E-state index < -0.39 is 0 Å².